The van der Waals surface area contributed by atoms with E-state index in [0.29, 0.717) is 17.7 Å². The highest BCUT2D eigenvalue weighted by molar-refractivity contribution is 6.34. The molecule has 0 bridgehead atoms. The van der Waals surface area contributed by atoms with Crippen LogP contribution in [-0.2, 0) is 11.3 Å². The Kier molecular flexibility index (Phi) is 5.68. The molecule has 1 saturated carbocycles. The van der Waals surface area contributed by atoms with Gasteiger partial charge in [-0.05, 0) is 26.0 Å². The van der Waals surface area contributed by atoms with Crippen LogP contribution in [0.3, 0.4) is 0 Å². The summed E-state index contributed by atoms with van der Waals surface area (Å²) in [4.78, 5) is 18.5. The fourth-order valence-electron chi connectivity index (χ4n) is 3.37. The standard InChI is InChI=1S/C17H24ClN5O/c1-22(13-5-3-2-4-6-13)10-9-19-16(24)12-23-15-7-8-20-17(18)14(15)11-21-23/h7-8,11,13H,2-6,9-10,12H2,1H3,(H,19,24). The third kappa shape index (κ3) is 4.05. The highest BCUT2D eigenvalue weighted by Gasteiger charge is 2.17. The van der Waals surface area contributed by atoms with E-state index in [4.69, 9.17) is 11.6 Å². The molecule has 0 unspecified atom stereocenters. The summed E-state index contributed by atoms with van der Waals surface area (Å²) in [5.74, 6) is -0.0371. The van der Waals surface area contributed by atoms with Crippen molar-refractivity contribution in [3.63, 3.8) is 0 Å². The van der Waals surface area contributed by atoms with Gasteiger partial charge in [-0.3, -0.25) is 9.48 Å². The molecule has 1 amide bonds. The summed E-state index contributed by atoms with van der Waals surface area (Å²) >= 11 is 6.03. The number of fused-ring (bicyclic) bond motifs is 1. The number of halogens is 1. The Labute approximate surface area is 147 Å². The maximum Gasteiger partial charge on any atom is 0.241 e. The third-order valence-electron chi connectivity index (χ3n) is 4.80. The van der Waals surface area contributed by atoms with Crippen molar-refractivity contribution in [2.75, 3.05) is 20.1 Å². The number of amides is 1. The molecule has 1 aliphatic carbocycles. The van der Waals surface area contributed by atoms with Crippen LogP contribution in [0.15, 0.2) is 18.5 Å². The summed E-state index contributed by atoms with van der Waals surface area (Å²) in [5.41, 5.74) is 0.824. The van der Waals surface area contributed by atoms with Crippen molar-refractivity contribution in [3.8, 4) is 0 Å². The van der Waals surface area contributed by atoms with Gasteiger partial charge in [-0.2, -0.15) is 5.10 Å². The molecule has 1 N–H and O–H groups in total. The Bertz CT molecular complexity index is 695. The number of rotatable bonds is 6. The zero-order valence-electron chi connectivity index (χ0n) is 14.0. The van der Waals surface area contributed by atoms with Crippen LogP contribution < -0.4 is 5.32 Å². The van der Waals surface area contributed by atoms with Crippen molar-refractivity contribution >= 4 is 28.4 Å². The van der Waals surface area contributed by atoms with Gasteiger partial charge < -0.3 is 10.2 Å². The fourth-order valence-corrected chi connectivity index (χ4v) is 3.57. The first-order chi connectivity index (χ1) is 11.6. The summed E-state index contributed by atoms with van der Waals surface area (Å²) in [7, 11) is 2.15. The maximum atomic E-state index is 12.2. The van der Waals surface area contributed by atoms with E-state index in [1.54, 1.807) is 17.1 Å². The molecule has 3 rings (SSSR count). The van der Waals surface area contributed by atoms with Gasteiger partial charge in [0.15, 0.2) is 0 Å². The van der Waals surface area contributed by atoms with Crippen LogP contribution in [0.5, 0.6) is 0 Å². The Balaban J connectivity index is 1.47. The molecule has 0 atom stereocenters. The topological polar surface area (TPSA) is 63.1 Å². The van der Waals surface area contributed by atoms with Gasteiger partial charge in [0.05, 0.1) is 17.1 Å². The van der Waals surface area contributed by atoms with E-state index in [0.717, 1.165) is 17.4 Å². The van der Waals surface area contributed by atoms with E-state index < -0.39 is 0 Å². The second-order valence-electron chi connectivity index (χ2n) is 6.46. The molecular weight excluding hydrogens is 326 g/mol. The summed E-state index contributed by atoms with van der Waals surface area (Å²) < 4.78 is 1.66. The first kappa shape index (κ1) is 17.2. The second kappa shape index (κ2) is 7.94. The first-order valence-electron chi connectivity index (χ1n) is 8.58. The summed E-state index contributed by atoms with van der Waals surface area (Å²) in [6.45, 7) is 1.73. The van der Waals surface area contributed by atoms with Crippen LogP contribution in [0.25, 0.3) is 10.9 Å². The average molecular weight is 350 g/mol. The van der Waals surface area contributed by atoms with Gasteiger partial charge in [-0.1, -0.05) is 30.9 Å². The Hall–Kier alpha value is -1.66. The van der Waals surface area contributed by atoms with E-state index >= 15 is 0 Å². The summed E-state index contributed by atoms with van der Waals surface area (Å²) in [6, 6.07) is 2.48. The minimum Gasteiger partial charge on any atom is -0.353 e. The van der Waals surface area contributed by atoms with Crippen molar-refractivity contribution in [1.29, 1.82) is 0 Å². The zero-order chi connectivity index (χ0) is 16.9. The lowest BCUT2D eigenvalue weighted by Crippen LogP contribution is -2.40. The minimum absolute atomic E-state index is 0.0371. The van der Waals surface area contributed by atoms with Gasteiger partial charge in [0.2, 0.25) is 5.91 Å². The van der Waals surface area contributed by atoms with Crippen LogP contribution in [0.2, 0.25) is 5.15 Å². The third-order valence-corrected chi connectivity index (χ3v) is 5.10. The van der Waals surface area contributed by atoms with E-state index in [2.05, 4.69) is 27.3 Å². The molecule has 1 aliphatic rings. The van der Waals surface area contributed by atoms with E-state index in [1.165, 1.54) is 32.1 Å². The Morgan fingerprint density at radius 2 is 2.21 bits per heavy atom. The zero-order valence-corrected chi connectivity index (χ0v) is 14.8. The van der Waals surface area contributed by atoms with E-state index in [1.807, 2.05) is 6.07 Å². The fraction of sp³-hybridized carbons (Fsp3) is 0.588. The quantitative estimate of drug-likeness (QED) is 0.814. The predicted octanol–water partition coefficient (Wildman–Crippen LogP) is 2.47. The average Bonchev–Trinajstić information content (AvgIpc) is 3.00. The molecule has 0 radical (unpaired) electrons. The number of nitrogens with one attached hydrogen (secondary N) is 1. The van der Waals surface area contributed by atoms with Gasteiger partial charge in [0.1, 0.15) is 11.7 Å². The number of pyridine rings is 1. The van der Waals surface area contributed by atoms with Gasteiger partial charge in [0, 0.05) is 25.3 Å². The number of hydrogen-bond donors (Lipinski definition) is 1. The highest BCUT2D eigenvalue weighted by Crippen LogP contribution is 2.21. The normalized spacial score (nSPS) is 16.0. The number of carbonyl (C=O) groups excluding carboxylic acids is 1. The lowest BCUT2D eigenvalue weighted by atomic mass is 9.94. The Morgan fingerprint density at radius 3 is 3.00 bits per heavy atom. The molecule has 0 aliphatic heterocycles. The molecule has 1 fully saturated rings. The number of hydrogen-bond acceptors (Lipinski definition) is 4. The smallest absolute Gasteiger partial charge is 0.241 e. The second-order valence-corrected chi connectivity index (χ2v) is 6.82. The van der Waals surface area contributed by atoms with Gasteiger partial charge in [-0.25, -0.2) is 4.98 Å². The lowest BCUT2D eigenvalue weighted by Gasteiger charge is -2.31. The van der Waals surface area contributed by atoms with Gasteiger partial charge in [0.25, 0.3) is 0 Å². The van der Waals surface area contributed by atoms with E-state index in [-0.39, 0.29) is 12.5 Å². The number of aromatic nitrogens is 3. The molecule has 0 saturated heterocycles. The molecule has 6 nitrogen and oxygen atoms in total. The molecule has 24 heavy (non-hydrogen) atoms. The lowest BCUT2D eigenvalue weighted by molar-refractivity contribution is -0.121. The summed E-state index contributed by atoms with van der Waals surface area (Å²) in [5, 5.41) is 8.39. The van der Waals surface area contributed by atoms with Crippen LogP contribution in [-0.4, -0.2) is 51.8 Å². The van der Waals surface area contributed by atoms with Gasteiger partial charge in [-0.15, -0.1) is 0 Å². The highest BCUT2D eigenvalue weighted by atomic mass is 35.5. The SMILES string of the molecule is CN(CCNC(=O)Cn1ncc2c(Cl)nccc21)C1CCCCC1. The van der Waals surface area contributed by atoms with Gasteiger partial charge >= 0.3 is 0 Å². The molecule has 130 valence electrons. The molecule has 2 heterocycles. The maximum absolute atomic E-state index is 12.2. The van der Waals surface area contributed by atoms with Crippen LogP contribution >= 0.6 is 11.6 Å². The Morgan fingerprint density at radius 1 is 1.42 bits per heavy atom. The van der Waals surface area contributed by atoms with Crippen molar-refractivity contribution in [1.82, 2.24) is 25.0 Å². The van der Waals surface area contributed by atoms with Crippen LogP contribution in [0.4, 0.5) is 0 Å². The molecule has 2 aromatic rings. The van der Waals surface area contributed by atoms with Crippen molar-refractivity contribution < 1.29 is 4.79 Å². The van der Waals surface area contributed by atoms with Crippen molar-refractivity contribution in [3.05, 3.63) is 23.6 Å². The number of carbonyl (C=O) groups is 1. The van der Waals surface area contributed by atoms with E-state index in [9.17, 15) is 4.79 Å². The van der Waals surface area contributed by atoms with Crippen LogP contribution in [0, 0.1) is 0 Å². The number of likely N-dealkylation sites (N-methyl/N-ethyl adjacent to an activating group) is 1. The predicted molar refractivity (Wildman–Crippen MR) is 95.1 cm³/mol. The van der Waals surface area contributed by atoms with Crippen LogP contribution in [0.1, 0.15) is 32.1 Å². The number of nitrogens with zero attached hydrogens (tertiary/aromatic N) is 4. The minimum atomic E-state index is -0.0371. The largest absolute Gasteiger partial charge is 0.353 e. The molecule has 0 spiro atoms. The van der Waals surface area contributed by atoms with Crippen molar-refractivity contribution in [2.24, 2.45) is 0 Å². The molecule has 0 aromatic carbocycles. The molecule has 2 aromatic heterocycles. The molecule has 7 heteroatoms. The van der Waals surface area contributed by atoms with Crippen molar-refractivity contribution in [2.45, 2.75) is 44.7 Å². The monoisotopic (exact) mass is 349 g/mol. The molecular formula is C17H24ClN5O. The summed E-state index contributed by atoms with van der Waals surface area (Å²) in [6.07, 6.45) is 9.83. The first-order valence-corrected chi connectivity index (χ1v) is 8.96.